The van der Waals surface area contributed by atoms with Gasteiger partial charge in [0.05, 0.1) is 6.54 Å². The summed E-state index contributed by atoms with van der Waals surface area (Å²) < 4.78 is 5.54. The number of rotatable bonds is 6. The lowest BCUT2D eigenvalue weighted by atomic mass is 10.0. The molecule has 0 aliphatic carbocycles. The maximum Gasteiger partial charge on any atom is 0.245 e. The summed E-state index contributed by atoms with van der Waals surface area (Å²) in [6.45, 7) is 3.64. The molecule has 6 heteroatoms. The highest BCUT2D eigenvalue weighted by molar-refractivity contribution is 5.89. The Kier molecular flexibility index (Phi) is 5.11. The minimum absolute atomic E-state index is 0.153. The predicted molar refractivity (Wildman–Crippen MR) is 99.5 cm³/mol. The number of likely N-dealkylation sites (N-methyl/N-ethyl adjacent to an activating group) is 1. The third-order valence-electron chi connectivity index (χ3n) is 4.34. The first-order valence-corrected chi connectivity index (χ1v) is 8.56. The lowest BCUT2D eigenvalue weighted by molar-refractivity contribution is -0.135. The molecule has 0 bridgehead atoms. The van der Waals surface area contributed by atoms with Crippen molar-refractivity contribution >= 4 is 22.7 Å². The second kappa shape index (κ2) is 7.47. The van der Waals surface area contributed by atoms with Gasteiger partial charge < -0.3 is 19.6 Å². The molecular formula is C20H23N3O3. The molecule has 0 saturated carbocycles. The number of carbonyl (C=O) groups excluding carboxylic acids is 2. The average Bonchev–Trinajstić information content (AvgIpc) is 3.19. The van der Waals surface area contributed by atoms with Crippen LogP contribution < -0.4 is 5.32 Å². The van der Waals surface area contributed by atoms with E-state index in [0.717, 1.165) is 22.2 Å². The Bertz CT molecular complexity index is 925. The van der Waals surface area contributed by atoms with Gasteiger partial charge in [-0.05, 0) is 30.7 Å². The van der Waals surface area contributed by atoms with E-state index in [4.69, 9.17) is 4.42 Å². The molecule has 2 N–H and O–H groups in total. The van der Waals surface area contributed by atoms with Gasteiger partial charge in [-0.3, -0.25) is 9.59 Å². The Balaban J connectivity index is 1.78. The van der Waals surface area contributed by atoms with Crippen molar-refractivity contribution in [2.24, 2.45) is 0 Å². The average molecular weight is 353 g/mol. The lowest BCUT2D eigenvalue weighted by Gasteiger charge is -2.23. The van der Waals surface area contributed by atoms with Crippen molar-refractivity contribution in [3.05, 3.63) is 59.7 Å². The van der Waals surface area contributed by atoms with E-state index < -0.39 is 6.04 Å². The summed E-state index contributed by atoms with van der Waals surface area (Å²) in [7, 11) is 1.71. The number of aromatic nitrogens is 1. The van der Waals surface area contributed by atoms with Gasteiger partial charge in [-0.25, -0.2) is 0 Å². The molecule has 136 valence electrons. The Hall–Kier alpha value is -3.02. The number of para-hydroxylation sites is 1. The molecule has 0 radical (unpaired) electrons. The van der Waals surface area contributed by atoms with E-state index in [1.807, 2.05) is 49.5 Å². The van der Waals surface area contributed by atoms with Crippen molar-refractivity contribution in [2.75, 3.05) is 7.05 Å². The van der Waals surface area contributed by atoms with E-state index >= 15 is 0 Å². The van der Waals surface area contributed by atoms with Crippen LogP contribution in [0.25, 0.3) is 10.9 Å². The first kappa shape index (κ1) is 17.8. The number of carbonyl (C=O) groups is 2. The maximum absolute atomic E-state index is 12.9. The molecule has 6 nitrogen and oxygen atoms in total. The minimum Gasteiger partial charge on any atom is -0.464 e. The molecule has 0 aliphatic heterocycles. The molecule has 0 aliphatic rings. The summed E-state index contributed by atoms with van der Waals surface area (Å²) in [4.78, 5) is 29.3. The first-order chi connectivity index (χ1) is 12.4. The Morgan fingerprint density at radius 1 is 1.23 bits per heavy atom. The fourth-order valence-electron chi connectivity index (χ4n) is 3.11. The van der Waals surface area contributed by atoms with Gasteiger partial charge >= 0.3 is 0 Å². The quantitative estimate of drug-likeness (QED) is 0.715. The summed E-state index contributed by atoms with van der Waals surface area (Å²) in [5.74, 6) is 1.13. The van der Waals surface area contributed by atoms with Crippen molar-refractivity contribution in [1.82, 2.24) is 15.2 Å². The van der Waals surface area contributed by atoms with Gasteiger partial charge in [0.2, 0.25) is 11.8 Å². The van der Waals surface area contributed by atoms with Crippen LogP contribution in [0.5, 0.6) is 0 Å². The maximum atomic E-state index is 12.9. The molecule has 1 atom stereocenters. The van der Waals surface area contributed by atoms with Gasteiger partial charge in [0.1, 0.15) is 17.6 Å². The van der Waals surface area contributed by atoms with Gasteiger partial charge in [0, 0.05) is 37.5 Å². The van der Waals surface area contributed by atoms with Gasteiger partial charge in [-0.15, -0.1) is 0 Å². The van der Waals surface area contributed by atoms with E-state index in [9.17, 15) is 9.59 Å². The minimum atomic E-state index is -0.632. The number of nitrogens with one attached hydrogen (secondary N) is 2. The molecule has 2 amide bonds. The van der Waals surface area contributed by atoms with Crippen LogP contribution in [-0.4, -0.2) is 34.8 Å². The molecule has 1 aromatic carbocycles. The number of amides is 2. The molecular weight excluding hydrogens is 330 g/mol. The molecule has 26 heavy (non-hydrogen) atoms. The van der Waals surface area contributed by atoms with E-state index in [0.29, 0.717) is 18.7 Å². The molecule has 2 heterocycles. The number of hydrogen-bond donors (Lipinski definition) is 2. The molecule has 3 aromatic rings. The first-order valence-electron chi connectivity index (χ1n) is 8.56. The van der Waals surface area contributed by atoms with Crippen LogP contribution in [0.15, 0.2) is 47.0 Å². The van der Waals surface area contributed by atoms with Crippen LogP contribution in [-0.2, 0) is 22.6 Å². The Morgan fingerprint density at radius 3 is 2.69 bits per heavy atom. The van der Waals surface area contributed by atoms with Crippen molar-refractivity contribution in [3.8, 4) is 0 Å². The number of nitrogens with zero attached hydrogens (tertiary/aromatic N) is 1. The second-order valence-electron chi connectivity index (χ2n) is 6.52. The van der Waals surface area contributed by atoms with Crippen LogP contribution in [0.3, 0.4) is 0 Å². The third-order valence-corrected chi connectivity index (χ3v) is 4.34. The van der Waals surface area contributed by atoms with Gasteiger partial charge in [0.25, 0.3) is 0 Å². The number of hydrogen-bond acceptors (Lipinski definition) is 3. The summed E-state index contributed by atoms with van der Waals surface area (Å²) in [5.41, 5.74) is 2.01. The van der Waals surface area contributed by atoms with Crippen molar-refractivity contribution in [3.63, 3.8) is 0 Å². The zero-order chi connectivity index (χ0) is 18.7. The van der Waals surface area contributed by atoms with Crippen molar-refractivity contribution in [1.29, 1.82) is 0 Å². The lowest BCUT2D eigenvalue weighted by Crippen LogP contribution is -2.47. The smallest absolute Gasteiger partial charge is 0.245 e. The van der Waals surface area contributed by atoms with Gasteiger partial charge in [0.15, 0.2) is 0 Å². The molecule has 0 unspecified atom stereocenters. The molecule has 0 fully saturated rings. The fourth-order valence-corrected chi connectivity index (χ4v) is 3.11. The van der Waals surface area contributed by atoms with Crippen molar-refractivity contribution in [2.45, 2.75) is 32.9 Å². The molecule has 0 spiro atoms. The Morgan fingerprint density at radius 2 is 2.00 bits per heavy atom. The van der Waals surface area contributed by atoms with Crippen LogP contribution in [0, 0.1) is 6.92 Å². The van der Waals surface area contributed by atoms with Crippen LogP contribution in [0.4, 0.5) is 0 Å². The number of benzene rings is 1. The van der Waals surface area contributed by atoms with Gasteiger partial charge in [-0.1, -0.05) is 18.2 Å². The SMILES string of the molecule is CC(=O)N[C@@H](Cc1c[nH]c2ccccc12)C(=O)N(C)Cc1ccc(C)o1. The van der Waals surface area contributed by atoms with E-state index in [1.165, 1.54) is 6.92 Å². The topological polar surface area (TPSA) is 78.3 Å². The fraction of sp³-hybridized carbons (Fsp3) is 0.300. The van der Waals surface area contributed by atoms with E-state index in [2.05, 4.69) is 10.3 Å². The number of aryl methyl sites for hydroxylation is 1. The normalized spacial score (nSPS) is 12.1. The highest BCUT2D eigenvalue weighted by Gasteiger charge is 2.25. The number of furan rings is 1. The zero-order valence-corrected chi connectivity index (χ0v) is 15.2. The number of aromatic amines is 1. The summed E-state index contributed by atoms with van der Waals surface area (Å²) in [5, 5.41) is 3.84. The summed E-state index contributed by atoms with van der Waals surface area (Å²) >= 11 is 0. The van der Waals surface area contributed by atoms with Gasteiger partial charge in [-0.2, -0.15) is 0 Å². The highest BCUT2D eigenvalue weighted by Crippen LogP contribution is 2.20. The molecule has 0 saturated heterocycles. The zero-order valence-electron chi connectivity index (χ0n) is 15.2. The number of H-pyrrole nitrogens is 1. The monoisotopic (exact) mass is 353 g/mol. The van der Waals surface area contributed by atoms with E-state index in [-0.39, 0.29) is 11.8 Å². The number of fused-ring (bicyclic) bond motifs is 1. The third kappa shape index (κ3) is 3.96. The second-order valence-corrected chi connectivity index (χ2v) is 6.52. The van der Waals surface area contributed by atoms with Crippen LogP contribution >= 0.6 is 0 Å². The standard InChI is InChI=1S/C20H23N3O3/c1-13-8-9-16(26-13)12-23(3)20(25)19(22-14(2)24)10-15-11-21-18-7-5-4-6-17(15)18/h4-9,11,19,21H,10,12H2,1-3H3,(H,22,24)/t19-/m0/s1. The largest absolute Gasteiger partial charge is 0.464 e. The van der Waals surface area contributed by atoms with E-state index in [1.54, 1.807) is 11.9 Å². The van der Waals surface area contributed by atoms with Crippen LogP contribution in [0.2, 0.25) is 0 Å². The van der Waals surface area contributed by atoms with Crippen molar-refractivity contribution < 1.29 is 14.0 Å². The Labute approximate surface area is 152 Å². The molecule has 3 rings (SSSR count). The highest BCUT2D eigenvalue weighted by atomic mass is 16.3. The summed E-state index contributed by atoms with van der Waals surface area (Å²) in [6, 6.07) is 11.0. The predicted octanol–water partition coefficient (Wildman–Crippen LogP) is 2.78. The molecule has 2 aromatic heterocycles. The van der Waals surface area contributed by atoms with Crippen LogP contribution in [0.1, 0.15) is 24.0 Å². The summed E-state index contributed by atoms with van der Waals surface area (Å²) in [6.07, 6.45) is 2.31.